The largest absolute Gasteiger partial charge is 0.354 e. The Balaban J connectivity index is 2.03. The van der Waals surface area contributed by atoms with E-state index in [9.17, 15) is 9.59 Å². The molecule has 1 amide bonds. The molecule has 0 aliphatic carbocycles. The van der Waals surface area contributed by atoms with Gasteiger partial charge in [-0.05, 0) is 12.1 Å². The third-order valence-corrected chi connectivity index (χ3v) is 3.27. The van der Waals surface area contributed by atoms with Gasteiger partial charge in [-0.1, -0.05) is 6.07 Å². The minimum atomic E-state index is 0.0407. The lowest BCUT2D eigenvalue weighted by atomic mass is 10.3. The zero-order chi connectivity index (χ0) is 13.2. The number of nitrogens with one attached hydrogen (secondary N) is 1. The highest BCUT2D eigenvalue weighted by Crippen LogP contribution is 2.20. The first-order valence-corrected chi connectivity index (χ1v) is 6.23. The van der Waals surface area contributed by atoms with Gasteiger partial charge in [-0.3, -0.25) is 14.0 Å². The second-order valence-electron chi connectivity index (χ2n) is 4.45. The standard InChI is InChI=1S/C13H14N4O2/c18-9-10-13(15-11-3-1-2-6-17(10)11)16-7-4-12(19)14-5-8-16/h1-3,6,9H,4-5,7-8H2,(H,14,19). The van der Waals surface area contributed by atoms with Crippen molar-refractivity contribution in [2.75, 3.05) is 24.5 Å². The van der Waals surface area contributed by atoms with Crippen LogP contribution in [0.4, 0.5) is 5.82 Å². The normalized spacial score (nSPS) is 16.2. The highest BCUT2D eigenvalue weighted by Gasteiger charge is 2.20. The number of fused-ring (bicyclic) bond motifs is 1. The van der Waals surface area contributed by atoms with Crippen LogP contribution in [0.2, 0.25) is 0 Å². The maximum absolute atomic E-state index is 11.4. The van der Waals surface area contributed by atoms with Crippen molar-refractivity contribution in [1.82, 2.24) is 14.7 Å². The van der Waals surface area contributed by atoms with E-state index in [2.05, 4.69) is 10.3 Å². The Morgan fingerprint density at radius 3 is 3.05 bits per heavy atom. The summed E-state index contributed by atoms with van der Waals surface area (Å²) in [6.07, 6.45) is 3.05. The number of hydrogen-bond acceptors (Lipinski definition) is 4. The van der Waals surface area contributed by atoms with E-state index in [1.54, 1.807) is 4.40 Å². The van der Waals surface area contributed by atoms with E-state index in [1.807, 2.05) is 29.3 Å². The van der Waals surface area contributed by atoms with Crippen LogP contribution in [-0.4, -0.2) is 41.2 Å². The molecular formula is C13H14N4O2. The predicted molar refractivity (Wildman–Crippen MR) is 70.4 cm³/mol. The summed E-state index contributed by atoms with van der Waals surface area (Å²) in [5.74, 6) is 0.691. The van der Waals surface area contributed by atoms with Gasteiger partial charge in [0, 0.05) is 32.3 Å². The molecule has 0 atom stereocenters. The Labute approximate surface area is 110 Å². The number of nitrogens with zero attached hydrogens (tertiary/aromatic N) is 3. The molecule has 0 spiro atoms. The molecule has 1 aliphatic heterocycles. The van der Waals surface area contributed by atoms with Crippen LogP contribution in [0.1, 0.15) is 16.9 Å². The van der Waals surface area contributed by atoms with Gasteiger partial charge in [0.2, 0.25) is 5.91 Å². The van der Waals surface area contributed by atoms with E-state index in [1.165, 1.54) is 0 Å². The molecule has 6 nitrogen and oxygen atoms in total. The molecule has 0 saturated carbocycles. The van der Waals surface area contributed by atoms with Crippen molar-refractivity contribution in [3.63, 3.8) is 0 Å². The average molecular weight is 258 g/mol. The van der Waals surface area contributed by atoms with Crippen molar-refractivity contribution < 1.29 is 9.59 Å². The van der Waals surface area contributed by atoms with Gasteiger partial charge in [-0.2, -0.15) is 0 Å². The Hall–Kier alpha value is -2.37. The summed E-state index contributed by atoms with van der Waals surface area (Å²) in [4.78, 5) is 29.2. The molecular weight excluding hydrogens is 244 g/mol. The third kappa shape index (κ3) is 2.05. The fourth-order valence-corrected chi connectivity index (χ4v) is 2.32. The number of aldehydes is 1. The molecule has 1 N–H and O–H groups in total. The summed E-state index contributed by atoms with van der Waals surface area (Å²) in [5.41, 5.74) is 1.27. The SMILES string of the molecule is O=Cc1c(N2CCNC(=O)CC2)nc2ccccn12. The maximum atomic E-state index is 11.4. The van der Waals surface area contributed by atoms with Crippen molar-refractivity contribution in [3.8, 4) is 0 Å². The van der Waals surface area contributed by atoms with E-state index in [-0.39, 0.29) is 5.91 Å². The molecule has 2 aromatic heterocycles. The molecule has 0 bridgehead atoms. The van der Waals surface area contributed by atoms with Crippen LogP contribution in [0.25, 0.3) is 5.65 Å². The Kier molecular flexibility index (Phi) is 2.91. The number of amides is 1. The number of hydrogen-bond donors (Lipinski definition) is 1. The predicted octanol–water partition coefficient (Wildman–Crippen LogP) is 0.473. The van der Waals surface area contributed by atoms with Crippen molar-refractivity contribution in [3.05, 3.63) is 30.1 Å². The number of anilines is 1. The lowest BCUT2D eigenvalue weighted by Gasteiger charge is -2.19. The monoisotopic (exact) mass is 258 g/mol. The van der Waals surface area contributed by atoms with Crippen LogP contribution in [0.15, 0.2) is 24.4 Å². The Morgan fingerprint density at radius 1 is 1.32 bits per heavy atom. The molecule has 1 fully saturated rings. The van der Waals surface area contributed by atoms with E-state index in [0.29, 0.717) is 37.6 Å². The molecule has 0 radical (unpaired) electrons. The zero-order valence-electron chi connectivity index (χ0n) is 10.4. The number of imidazole rings is 1. The molecule has 1 saturated heterocycles. The molecule has 1 aliphatic rings. The first-order valence-electron chi connectivity index (χ1n) is 6.23. The van der Waals surface area contributed by atoms with Crippen molar-refractivity contribution >= 4 is 23.7 Å². The quantitative estimate of drug-likeness (QED) is 0.795. The number of carbonyl (C=O) groups excluding carboxylic acids is 2. The first-order chi connectivity index (χ1) is 9.29. The molecule has 19 heavy (non-hydrogen) atoms. The lowest BCUT2D eigenvalue weighted by Crippen LogP contribution is -2.29. The maximum Gasteiger partial charge on any atom is 0.221 e. The van der Waals surface area contributed by atoms with Crippen LogP contribution in [-0.2, 0) is 4.79 Å². The van der Waals surface area contributed by atoms with E-state index < -0.39 is 0 Å². The average Bonchev–Trinajstić information content (AvgIpc) is 2.67. The second kappa shape index (κ2) is 4.72. The van der Waals surface area contributed by atoms with Crippen molar-refractivity contribution in [2.45, 2.75) is 6.42 Å². The summed E-state index contributed by atoms with van der Waals surface area (Å²) < 4.78 is 1.77. The van der Waals surface area contributed by atoms with Gasteiger partial charge < -0.3 is 10.2 Å². The summed E-state index contributed by atoms with van der Waals surface area (Å²) in [5, 5.41) is 2.81. The third-order valence-electron chi connectivity index (χ3n) is 3.27. The van der Waals surface area contributed by atoms with Gasteiger partial charge in [0.25, 0.3) is 0 Å². The van der Waals surface area contributed by atoms with E-state index >= 15 is 0 Å². The van der Waals surface area contributed by atoms with Crippen molar-refractivity contribution in [1.29, 1.82) is 0 Å². The van der Waals surface area contributed by atoms with Gasteiger partial charge >= 0.3 is 0 Å². The minimum Gasteiger partial charge on any atom is -0.354 e. The smallest absolute Gasteiger partial charge is 0.221 e. The summed E-state index contributed by atoms with van der Waals surface area (Å²) in [7, 11) is 0. The number of rotatable bonds is 2. The summed E-state index contributed by atoms with van der Waals surface area (Å²) in [6, 6.07) is 5.60. The molecule has 6 heteroatoms. The lowest BCUT2D eigenvalue weighted by molar-refractivity contribution is -0.120. The fourth-order valence-electron chi connectivity index (χ4n) is 2.32. The van der Waals surface area contributed by atoms with Crippen molar-refractivity contribution in [2.24, 2.45) is 0 Å². The number of aromatic nitrogens is 2. The van der Waals surface area contributed by atoms with E-state index in [0.717, 1.165) is 11.9 Å². The topological polar surface area (TPSA) is 66.7 Å². The molecule has 98 valence electrons. The van der Waals surface area contributed by atoms with Crippen LogP contribution in [0.3, 0.4) is 0 Å². The zero-order valence-corrected chi connectivity index (χ0v) is 10.4. The molecule has 2 aromatic rings. The van der Waals surface area contributed by atoms with E-state index in [4.69, 9.17) is 0 Å². The van der Waals surface area contributed by atoms with Crippen LogP contribution in [0.5, 0.6) is 0 Å². The number of carbonyl (C=O) groups is 2. The van der Waals surface area contributed by atoms with Gasteiger partial charge in [-0.25, -0.2) is 4.98 Å². The van der Waals surface area contributed by atoms with Gasteiger partial charge in [0.1, 0.15) is 11.3 Å². The molecule has 3 rings (SSSR count). The van der Waals surface area contributed by atoms with Crippen LogP contribution < -0.4 is 10.2 Å². The first kappa shape index (κ1) is 11.7. The molecule has 0 unspecified atom stereocenters. The second-order valence-corrected chi connectivity index (χ2v) is 4.45. The highest BCUT2D eigenvalue weighted by atomic mass is 16.1. The summed E-state index contributed by atoms with van der Waals surface area (Å²) in [6.45, 7) is 1.82. The number of pyridine rings is 1. The molecule has 3 heterocycles. The van der Waals surface area contributed by atoms with Crippen LogP contribution in [0, 0.1) is 0 Å². The van der Waals surface area contributed by atoms with Gasteiger partial charge in [-0.15, -0.1) is 0 Å². The Morgan fingerprint density at radius 2 is 2.21 bits per heavy atom. The highest BCUT2D eigenvalue weighted by molar-refractivity contribution is 5.84. The summed E-state index contributed by atoms with van der Waals surface area (Å²) >= 11 is 0. The van der Waals surface area contributed by atoms with Gasteiger partial charge in [0.05, 0.1) is 0 Å². The van der Waals surface area contributed by atoms with Gasteiger partial charge in [0.15, 0.2) is 12.1 Å². The molecule has 0 aromatic carbocycles. The van der Waals surface area contributed by atoms with Crippen LogP contribution >= 0.6 is 0 Å². The fraction of sp³-hybridized carbons (Fsp3) is 0.308. The Bertz CT molecular complexity index is 635. The minimum absolute atomic E-state index is 0.0407.